The summed E-state index contributed by atoms with van der Waals surface area (Å²) in [6.07, 6.45) is 6.08. The zero-order valence-electron chi connectivity index (χ0n) is 16.2. The maximum atomic E-state index is 5.92. The minimum Gasteiger partial charge on any atom is -0.385 e. The summed E-state index contributed by atoms with van der Waals surface area (Å²) in [6.45, 7) is 7.24. The summed E-state index contributed by atoms with van der Waals surface area (Å²) in [4.78, 5) is 6.73. The van der Waals surface area contributed by atoms with Gasteiger partial charge >= 0.3 is 0 Å². The van der Waals surface area contributed by atoms with Crippen LogP contribution in [0.2, 0.25) is 0 Å². The first-order valence-electron chi connectivity index (χ1n) is 9.21. The number of hydrogen-bond donors (Lipinski definition) is 1. The fraction of sp³-hybridized carbons (Fsp3) is 0.824. The van der Waals surface area contributed by atoms with Crippen LogP contribution in [0.5, 0.6) is 0 Å². The molecule has 1 aliphatic heterocycles. The van der Waals surface area contributed by atoms with E-state index in [1.165, 1.54) is 0 Å². The molecule has 0 aromatic carbocycles. The monoisotopic (exact) mass is 480 g/mol. The standard InChI is InChI=1S/C17H32N6O2.HI/c1-4-16-21-20-14-23(16)11-8-19-17(18-2)22-9-6-15(7-10-22)25-13-5-12-24-3;/h14-15H,4-13H2,1-3H3,(H,18,19);1H. The van der Waals surface area contributed by atoms with E-state index in [4.69, 9.17) is 9.47 Å². The summed E-state index contributed by atoms with van der Waals surface area (Å²) in [7, 11) is 3.56. The number of nitrogens with zero attached hydrogens (tertiary/aromatic N) is 5. The predicted octanol–water partition coefficient (Wildman–Crippen LogP) is 1.55. The maximum absolute atomic E-state index is 5.92. The number of nitrogens with one attached hydrogen (secondary N) is 1. The summed E-state index contributed by atoms with van der Waals surface area (Å²) < 4.78 is 13.1. The van der Waals surface area contributed by atoms with E-state index in [0.29, 0.717) is 6.10 Å². The number of rotatable bonds is 9. The van der Waals surface area contributed by atoms with Crippen LogP contribution in [0, 0.1) is 0 Å². The van der Waals surface area contributed by atoms with Crippen LogP contribution in [0.3, 0.4) is 0 Å². The third-order valence-electron chi connectivity index (χ3n) is 4.45. The van der Waals surface area contributed by atoms with Gasteiger partial charge < -0.3 is 24.3 Å². The highest BCUT2D eigenvalue weighted by molar-refractivity contribution is 14.0. The Morgan fingerprint density at radius 1 is 1.35 bits per heavy atom. The van der Waals surface area contributed by atoms with Crippen LogP contribution >= 0.6 is 24.0 Å². The van der Waals surface area contributed by atoms with E-state index in [0.717, 1.165) is 76.9 Å². The first-order chi connectivity index (χ1) is 12.3. The van der Waals surface area contributed by atoms with Gasteiger partial charge in [-0.25, -0.2) is 0 Å². The molecule has 0 aliphatic carbocycles. The van der Waals surface area contributed by atoms with Crippen molar-refractivity contribution in [2.24, 2.45) is 4.99 Å². The van der Waals surface area contributed by atoms with Crippen molar-refractivity contribution < 1.29 is 9.47 Å². The number of aryl methyl sites for hydroxylation is 1. The van der Waals surface area contributed by atoms with Gasteiger partial charge in [0.2, 0.25) is 0 Å². The fourth-order valence-electron chi connectivity index (χ4n) is 3.05. The van der Waals surface area contributed by atoms with E-state index in [1.807, 2.05) is 7.05 Å². The van der Waals surface area contributed by atoms with E-state index >= 15 is 0 Å². The van der Waals surface area contributed by atoms with Crippen LogP contribution < -0.4 is 5.32 Å². The van der Waals surface area contributed by atoms with Gasteiger partial charge in [-0.15, -0.1) is 34.2 Å². The largest absolute Gasteiger partial charge is 0.385 e. The molecule has 26 heavy (non-hydrogen) atoms. The second kappa shape index (κ2) is 13.3. The van der Waals surface area contributed by atoms with Crippen molar-refractivity contribution in [1.29, 1.82) is 0 Å². The fourth-order valence-corrected chi connectivity index (χ4v) is 3.05. The normalized spacial score (nSPS) is 15.8. The molecule has 0 unspecified atom stereocenters. The van der Waals surface area contributed by atoms with Crippen LogP contribution in [0.4, 0.5) is 0 Å². The Balaban J connectivity index is 0.00000338. The zero-order chi connectivity index (χ0) is 17.9. The summed E-state index contributed by atoms with van der Waals surface area (Å²) in [5.41, 5.74) is 0. The van der Waals surface area contributed by atoms with Gasteiger partial charge in [0, 0.05) is 60.0 Å². The highest BCUT2D eigenvalue weighted by Gasteiger charge is 2.21. The van der Waals surface area contributed by atoms with E-state index in [-0.39, 0.29) is 24.0 Å². The number of hydrogen-bond acceptors (Lipinski definition) is 5. The summed E-state index contributed by atoms with van der Waals surface area (Å²) in [5, 5.41) is 11.5. The number of likely N-dealkylation sites (tertiary alicyclic amines) is 1. The highest BCUT2D eigenvalue weighted by Crippen LogP contribution is 2.14. The van der Waals surface area contributed by atoms with Crippen LogP contribution in [0.25, 0.3) is 0 Å². The molecule has 2 rings (SSSR count). The molecule has 2 heterocycles. The lowest BCUT2D eigenvalue weighted by Gasteiger charge is -2.34. The van der Waals surface area contributed by atoms with Crippen molar-refractivity contribution in [3.63, 3.8) is 0 Å². The van der Waals surface area contributed by atoms with E-state index in [1.54, 1.807) is 13.4 Å². The molecule has 8 nitrogen and oxygen atoms in total. The van der Waals surface area contributed by atoms with Crippen LogP contribution in [0.15, 0.2) is 11.3 Å². The molecule has 1 saturated heterocycles. The van der Waals surface area contributed by atoms with Crippen molar-refractivity contribution in [2.75, 3.05) is 47.0 Å². The van der Waals surface area contributed by atoms with E-state index < -0.39 is 0 Å². The Kier molecular flexibility index (Phi) is 11.8. The van der Waals surface area contributed by atoms with Crippen molar-refractivity contribution in [3.05, 3.63) is 12.2 Å². The van der Waals surface area contributed by atoms with Gasteiger partial charge in [-0.1, -0.05) is 6.92 Å². The number of piperidine rings is 1. The Morgan fingerprint density at radius 2 is 2.12 bits per heavy atom. The molecule has 1 fully saturated rings. The first kappa shape index (κ1) is 23.1. The number of halogens is 1. The van der Waals surface area contributed by atoms with Crippen molar-refractivity contribution >= 4 is 29.9 Å². The molecule has 0 saturated carbocycles. The molecule has 0 bridgehead atoms. The van der Waals surface area contributed by atoms with Crippen LogP contribution in [-0.4, -0.2) is 78.7 Å². The lowest BCUT2D eigenvalue weighted by atomic mass is 10.1. The van der Waals surface area contributed by atoms with Gasteiger partial charge in [-0.2, -0.15) is 0 Å². The number of aromatic nitrogens is 3. The van der Waals surface area contributed by atoms with Crippen LogP contribution in [0.1, 0.15) is 32.0 Å². The average Bonchev–Trinajstić information content (AvgIpc) is 3.10. The van der Waals surface area contributed by atoms with Gasteiger partial charge in [0.05, 0.1) is 6.10 Å². The number of guanidine groups is 1. The van der Waals surface area contributed by atoms with Gasteiger partial charge in [0.25, 0.3) is 0 Å². The molecule has 1 N–H and O–H groups in total. The third kappa shape index (κ3) is 7.36. The smallest absolute Gasteiger partial charge is 0.193 e. The maximum Gasteiger partial charge on any atom is 0.193 e. The van der Waals surface area contributed by atoms with Gasteiger partial charge in [0.15, 0.2) is 5.96 Å². The number of methoxy groups -OCH3 is 1. The van der Waals surface area contributed by atoms with Gasteiger partial charge in [-0.3, -0.25) is 4.99 Å². The quantitative estimate of drug-likeness (QED) is 0.250. The lowest BCUT2D eigenvalue weighted by Crippen LogP contribution is -2.47. The van der Waals surface area contributed by atoms with Crippen LogP contribution in [-0.2, 0) is 22.4 Å². The van der Waals surface area contributed by atoms with E-state index in [2.05, 4.69) is 36.9 Å². The molecule has 0 radical (unpaired) electrons. The highest BCUT2D eigenvalue weighted by atomic mass is 127. The molecular formula is C17H33IN6O2. The second-order valence-corrected chi connectivity index (χ2v) is 6.17. The van der Waals surface area contributed by atoms with Crippen molar-refractivity contribution in [2.45, 2.75) is 45.3 Å². The molecule has 1 aromatic heterocycles. The molecule has 9 heteroatoms. The lowest BCUT2D eigenvalue weighted by molar-refractivity contribution is 0.00991. The summed E-state index contributed by atoms with van der Waals surface area (Å²) in [6, 6.07) is 0. The van der Waals surface area contributed by atoms with E-state index in [9.17, 15) is 0 Å². The van der Waals surface area contributed by atoms with Crippen molar-refractivity contribution in [1.82, 2.24) is 25.0 Å². The molecule has 0 atom stereocenters. The zero-order valence-corrected chi connectivity index (χ0v) is 18.5. The third-order valence-corrected chi connectivity index (χ3v) is 4.45. The Hall–Kier alpha value is -0.940. The minimum atomic E-state index is 0. The predicted molar refractivity (Wildman–Crippen MR) is 113 cm³/mol. The topological polar surface area (TPSA) is 76.8 Å². The summed E-state index contributed by atoms with van der Waals surface area (Å²) >= 11 is 0. The second-order valence-electron chi connectivity index (χ2n) is 6.17. The molecule has 0 spiro atoms. The van der Waals surface area contributed by atoms with Gasteiger partial charge in [-0.05, 0) is 19.3 Å². The molecule has 150 valence electrons. The minimum absolute atomic E-state index is 0. The summed E-state index contributed by atoms with van der Waals surface area (Å²) in [5.74, 6) is 1.98. The van der Waals surface area contributed by atoms with Crippen molar-refractivity contribution in [3.8, 4) is 0 Å². The Labute approximate surface area is 173 Å². The molecule has 1 aromatic rings. The molecule has 0 amide bonds. The molecular weight excluding hydrogens is 447 g/mol. The molecule has 1 aliphatic rings. The Bertz CT molecular complexity index is 517. The number of ether oxygens (including phenoxy) is 2. The first-order valence-corrected chi connectivity index (χ1v) is 9.21. The average molecular weight is 480 g/mol. The van der Waals surface area contributed by atoms with Gasteiger partial charge in [0.1, 0.15) is 12.2 Å². The Morgan fingerprint density at radius 3 is 2.77 bits per heavy atom. The SMILES string of the molecule is CCc1nncn1CCNC(=NC)N1CCC(OCCCOC)CC1.I. The number of aliphatic imine (C=N–C) groups is 1.